The standard InChI is InChI=1S/C15H21N3O6/c1-15(2,3)24-14(22)17-6-5-9-16-10(13(21)23-4)11(19)12(20)18(9)8-7-17/h19H,5-8H2,1-4H3. The van der Waals surface area contributed by atoms with Crippen molar-refractivity contribution < 1.29 is 24.2 Å². The quantitative estimate of drug-likeness (QED) is 0.743. The average Bonchev–Trinajstić information content (AvgIpc) is 2.71. The summed E-state index contributed by atoms with van der Waals surface area (Å²) in [6, 6.07) is 0. The maximum Gasteiger partial charge on any atom is 0.410 e. The van der Waals surface area contributed by atoms with Gasteiger partial charge in [-0.15, -0.1) is 0 Å². The Morgan fingerprint density at radius 1 is 1.21 bits per heavy atom. The Kier molecular flexibility index (Phi) is 4.81. The van der Waals surface area contributed by atoms with Crippen molar-refractivity contribution >= 4 is 12.1 Å². The Morgan fingerprint density at radius 2 is 1.88 bits per heavy atom. The van der Waals surface area contributed by atoms with E-state index < -0.39 is 34.7 Å². The van der Waals surface area contributed by atoms with Gasteiger partial charge in [0.25, 0.3) is 5.56 Å². The van der Waals surface area contributed by atoms with Crippen LogP contribution in [0, 0.1) is 0 Å². The van der Waals surface area contributed by atoms with Crippen LogP contribution in [-0.4, -0.2) is 57.4 Å². The van der Waals surface area contributed by atoms with Crippen LogP contribution in [0.4, 0.5) is 4.79 Å². The Hall–Kier alpha value is -2.58. The molecule has 0 radical (unpaired) electrons. The third-order valence-electron chi connectivity index (χ3n) is 3.45. The van der Waals surface area contributed by atoms with Crippen molar-refractivity contribution in [2.24, 2.45) is 0 Å². The fourth-order valence-corrected chi connectivity index (χ4v) is 2.33. The fourth-order valence-electron chi connectivity index (χ4n) is 2.33. The number of amides is 1. The van der Waals surface area contributed by atoms with Gasteiger partial charge in [0, 0.05) is 26.1 Å². The highest BCUT2D eigenvalue weighted by molar-refractivity contribution is 5.89. The second kappa shape index (κ2) is 6.50. The molecule has 9 heteroatoms. The number of nitrogens with zero attached hydrogens (tertiary/aromatic N) is 3. The molecule has 0 atom stereocenters. The zero-order chi connectivity index (χ0) is 18.1. The highest BCUT2D eigenvalue weighted by Gasteiger charge is 2.27. The maximum atomic E-state index is 12.2. The van der Waals surface area contributed by atoms with E-state index in [0.29, 0.717) is 5.82 Å². The summed E-state index contributed by atoms with van der Waals surface area (Å²) < 4.78 is 11.1. The molecular formula is C15H21N3O6. The van der Waals surface area contributed by atoms with Gasteiger partial charge in [-0.2, -0.15) is 0 Å². The number of aromatic hydroxyl groups is 1. The molecule has 0 unspecified atom stereocenters. The first-order chi connectivity index (χ1) is 11.1. The van der Waals surface area contributed by atoms with E-state index in [1.807, 2.05) is 0 Å². The SMILES string of the molecule is COC(=O)c1nc2n(c(=O)c1O)CCN(C(=O)OC(C)(C)C)CC2. The molecule has 1 aromatic rings. The molecule has 1 amide bonds. The van der Waals surface area contributed by atoms with Crippen molar-refractivity contribution in [3.8, 4) is 5.75 Å². The molecule has 9 nitrogen and oxygen atoms in total. The summed E-state index contributed by atoms with van der Waals surface area (Å²) in [5, 5.41) is 9.87. The molecule has 2 heterocycles. The number of fused-ring (bicyclic) bond motifs is 1. The minimum Gasteiger partial charge on any atom is -0.501 e. The minimum absolute atomic E-state index is 0.148. The highest BCUT2D eigenvalue weighted by atomic mass is 16.6. The summed E-state index contributed by atoms with van der Waals surface area (Å²) in [5.41, 5.74) is -1.77. The van der Waals surface area contributed by atoms with Crippen molar-refractivity contribution in [3.63, 3.8) is 0 Å². The molecule has 0 saturated carbocycles. The third-order valence-corrected chi connectivity index (χ3v) is 3.45. The van der Waals surface area contributed by atoms with Crippen LogP contribution < -0.4 is 5.56 Å². The number of rotatable bonds is 1. The van der Waals surface area contributed by atoms with E-state index in [4.69, 9.17) is 4.74 Å². The predicted molar refractivity (Wildman–Crippen MR) is 83.0 cm³/mol. The number of methoxy groups -OCH3 is 1. The smallest absolute Gasteiger partial charge is 0.410 e. The van der Waals surface area contributed by atoms with Gasteiger partial charge in [0.2, 0.25) is 5.75 Å². The monoisotopic (exact) mass is 339 g/mol. The van der Waals surface area contributed by atoms with Crippen LogP contribution in [0.1, 0.15) is 37.1 Å². The Labute approximate surface area is 138 Å². The molecule has 0 saturated heterocycles. The fraction of sp³-hybridized carbons (Fsp3) is 0.600. The van der Waals surface area contributed by atoms with Gasteiger partial charge in [-0.3, -0.25) is 9.36 Å². The van der Waals surface area contributed by atoms with E-state index >= 15 is 0 Å². The van der Waals surface area contributed by atoms with Crippen molar-refractivity contribution in [2.45, 2.75) is 39.3 Å². The first-order valence-electron chi connectivity index (χ1n) is 7.53. The second-order valence-electron chi connectivity index (χ2n) is 6.39. The van der Waals surface area contributed by atoms with Crippen LogP contribution in [0.15, 0.2) is 4.79 Å². The van der Waals surface area contributed by atoms with Gasteiger partial charge in [0.15, 0.2) is 5.69 Å². The molecule has 0 spiro atoms. The van der Waals surface area contributed by atoms with Crippen molar-refractivity contribution in [2.75, 3.05) is 20.2 Å². The molecule has 0 aliphatic carbocycles. The van der Waals surface area contributed by atoms with Gasteiger partial charge in [0.05, 0.1) is 7.11 Å². The summed E-state index contributed by atoms with van der Waals surface area (Å²) in [6.45, 7) is 5.97. The van der Waals surface area contributed by atoms with Gasteiger partial charge < -0.3 is 19.5 Å². The lowest BCUT2D eigenvalue weighted by Crippen LogP contribution is -2.38. The summed E-state index contributed by atoms with van der Waals surface area (Å²) in [5.74, 6) is -1.33. The normalized spacial score (nSPS) is 14.6. The number of aromatic nitrogens is 2. The average molecular weight is 339 g/mol. The topological polar surface area (TPSA) is 111 Å². The molecule has 1 N–H and O–H groups in total. The van der Waals surface area contributed by atoms with Gasteiger partial charge in [0.1, 0.15) is 11.4 Å². The number of ether oxygens (including phenoxy) is 2. The first-order valence-corrected chi connectivity index (χ1v) is 7.53. The molecule has 1 aliphatic heterocycles. The molecular weight excluding hydrogens is 318 g/mol. The predicted octanol–water partition coefficient (Wildman–Crippen LogP) is 0.529. The van der Waals surface area contributed by atoms with Crippen LogP contribution in [0.5, 0.6) is 5.75 Å². The van der Waals surface area contributed by atoms with Crippen LogP contribution in [0.2, 0.25) is 0 Å². The largest absolute Gasteiger partial charge is 0.501 e. The van der Waals surface area contributed by atoms with Crippen molar-refractivity contribution in [3.05, 3.63) is 21.9 Å². The van der Waals surface area contributed by atoms with Crippen LogP contribution in [-0.2, 0) is 22.4 Å². The number of esters is 1. The third kappa shape index (κ3) is 3.66. The number of carbonyl (C=O) groups excluding carboxylic acids is 2. The Balaban J connectivity index is 2.28. The molecule has 0 fully saturated rings. The lowest BCUT2D eigenvalue weighted by molar-refractivity contribution is 0.0254. The molecule has 1 aromatic heterocycles. The zero-order valence-electron chi connectivity index (χ0n) is 14.2. The van der Waals surface area contributed by atoms with Gasteiger partial charge in [-0.25, -0.2) is 14.6 Å². The van der Waals surface area contributed by atoms with Crippen LogP contribution in [0.3, 0.4) is 0 Å². The van der Waals surface area contributed by atoms with Crippen molar-refractivity contribution in [1.29, 1.82) is 0 Å². The van der Waals surface area contributed by atoms with Crippen molar-refractivity contribution in [1.82, 2.24) is 14.5 Å². The van der Waals surface area contributed by atoms with E-state index in [-0.39, 0.29) is 26.1 Å². The van der Waals surface area contributed by atoms with Crippen LogP contribution in [0.25, 0.3) is 0 Å². The maximum absolute atomic E-state index is 12.2. The van der Waals surface area contributed by atoms with Gasteiger partial charge in [-0.1, -0.05) is 0 Å². The number of carbonyl (C=O) groups is 2. The zero-order valence-corrected chi connectivity index (χ0v) is 14.2. The lowest BCUT2D eigenvalue weighted by Gasteiger charge is -2.26. The molecule has 24 heavy (non-hydrogen) atoms. The Morgan fingerprint density at radius 3 is 2.46 bits per heavy atom. The summed E-state index contributed by atoms with van der Waals surface area (Å²) in [6.07, 6.45) is -0.237. The second-order valence-corrected chi connectivity index (χ2v) is 6.39. The number of hydrogen-bond donors (Lipinski definition) is 1. The Bertz CT molecular complexity index is 719. The molecule has 1 aliphatic rings. The van der Waals surface area contributed by atoms with E-state index in [1.54, 1.807) is 20.8 Å². The summed E-state index contributed by atoms with van der Waals surface area (Å²) >= 11 is 0. The van der Waals surface area contributed by atoms with Gasteiger partial charge >= 0.3 is 12.1 Å². The molecule has 0 aromatic carbocycles. The summed E-state index contributed by atoms with van der Waals surface area (Å²) in [7, 11) is 1.14. The molecule has 132 valence electrons. The van der Waals surface area contributed by atoms with E-state index in [1.165, 1.54) is 9.47 Å². The highest BCUT2D eigenvalue weighted by Crippen LogP contribution is 2.16. The van der Waals surface area contributed by atoms with E-state index in [2.05, 4.69) is 9.72 Å². The van der Waals surface area contributed by atoms with E-state index in [0.717, 1.165) is 7.11 Å². The summed E-state index contributed by atoms with van der Waals surface area (Å²) in [4.78, 5) is 41.5. The number of hydrogen-bond acceptors (Lipinski definition) is 7. The minimum atomic E-state index is -0.888. The molecule has 2 rings (SSSR count). The van der Waals surface area contributed by atoms with Crippen LogP contribution >= 0.6 is 0 Å². The molecule has 0 bridgehead atoms. The van der Waals surface area contributed by atoms with Gasteiger partial charge in [-0.05, 0) is 20.8 Å². The van der Waals surface area contributed by atoms with E-state index in [9.17, 15) is 19.5 Å². The lowest BCUT2D eigenvalue weighted by atomic mass is 10.2. The first kappa shape index (κ1) is 17.8.